The number of thioether (sulfide) groups is 7. The van der Waals surface area contributed by atoms with Gasteiger partial charge < -0.3 is 0 Å². The molecule has 0 bridgehead atoms. The Hall–Kier alpha value is -8.96. The summed E-state index contributed by atoms with van der Waals surface area (Å²) >= 11 is 26.6. The molecule has 2 aromatic heterocycles. The van der Waals surface area contributed by atoms with Crippen molar-refractivity contribution in [2.45, 2.75) is 96.2 Å². The van der Waals surface area contributed by atoms with Crippen LogP contribution in [0.3, 0.4) is 0 Å². The monoisotopic (exact) mass is 1750 g/mol. The van der Waals surface area contributed by atoms with E-state index in [1.165, 1.54) is 106 Å². The molecule has 0 saturated carbocycles. The molecular weight excluding hydrogens is 1660 g/mol. The molecule has 0 spiro atoms. The van der Waals surface area contributed by atoms with Gasteiger partial charge in [-0.15, -0.1) is 82.3 Å². The normalized spacial score (nSPS) is 10.9. The zero-order chi connectivity index (χ0) is 81.6. The molecule has 0 aliphatic heterocycles. The van der Waals surface area contributed by atoms with Crippen molar-refractivity contribution >= 4 is 233 Å². The lowest BCUT2D eigenvalue weighted by Gasteiger charge is -2.17. The average molecular weight is 1750 g/mol. The van der Waals surface area contributed by atoms with Crippen molar-refractivity contribution in [1.82, 2.24) is 9.97 Å². The Morgan fingerprint density at radius 1 is 0.322 bits per heavy atom. The van der Waals surface area contributed by atoms with E-state index in [0.717, 1.165) is 82.0 Å². The molecule has 15 rings (SSSR count). The predicted octanol–water partition coefficient (Wildman–Crippen LogP) is 29.6. The second kappa shape index (κ2) is 46.7. The van der Waals surface area contributed by atoms with Crippen LogP contribution in [-0.2, 0) is 40.3 Å². The second-order valence-electron chi connectivity index (χ2n) is 25.9. The summed E-state index contributed by atoms with van der Waals surface area (Å²) in [6, 6.07) is 84.4. The number of carbonyl (C=O) groups is 2. The van der Waals surface area contributed by atoms with Crippen molar-refractivity contribution in [3.63, 3.8) is 0 Å². The Balaban J connectivity index is 0.000000169. The third-order valence-corrected chi connectivity index (χ3v) is 25.1. The van der Waals surface area contributed by atoms with E-state index in [0.29, 0.717) is 63.3 Å². The Bertz CT molecular complexity index is 5690. The SMILES string of the molecule is C.CC(=N)SCc1c2ccccc2cc2ccccc12.CC(=N)SCc1ccc(Cl)c2ccccc12.CC(=N)SCc1ccc(Cl)c2ccccc12.CC(=N)SCc1ccc2c(c1)C(=O)c1ccccc1C2=O.CC(=N)SCc1ccc2ccccc2c1Br.CC(=N)SCc1ccc2ccccc2n1.CC(=N)SCc1ccncc1. The molecule has 115 heavy (non-hydrogen) atoms. The number of carbonyl (C=O) groups excluding carboxylic acids is 2. The Labute approximate surface area is 723 Å². The van der Waals surface area contributed by atoms with Crippen LogP contribution < -0.4 is 0 Å². The van der Waals surface area contributed by atoms with Gasteiger partial charge in [0, 0.05) is 106 Å². The molecule has 21 heteroatoms. The third-order valence-electron chi connectivity index (χ3n) is 17.3. The highest BCUT2D eigenvalue weighted by molar-refractivity contribution is 9.10. The van der Waals surface area contributed by atoms with Crippen molar-refractivity contribution < 1.29 is 9.59 Å². The molecule has 0 atom stereocenters. The van der Waals surface area contributed by atoms with Crippen LogP contribution in [0.15, 0.2) is 272 Å². The van der Waals surface area contributed by atoms with Crippen molar-refractivity contribution in [1.29, 1.82) is 37.9 Å². The van der Waals surface area contributed by atoms with Crippen LogP contribution in [0.4, 0.5) is 0 Å². The number of rotatable bonds is 14. The molecule has 7 N–H and O–H groups in total. The highest BCUT2D eigenvalue weighted by atomic mass is 79.9. The maximum atomic E-state index is 12.5. The van der Waals surface area contributed by atoms with Crippen LogP contribution in [0.25, 0.3) is 64.8 Å². The van der Waals surface area contributed by atoms with Crippen LogP contribution in [-0.4, -0.2) is 56.8 Å². The quantitative estimate of drug-likeness (QED) is 0.0308. The largest absolute Gasteiger partial charge is 0.299 e. The summed E-state index contributed by atoms with van der Waals surface area (Å²) in [7, 11) is 0. The predicted molar refractivity (Wildman–Crippen MR) is 516 cm³/mol. The van der Waals surface area contributed by atoms with Gasteiger partial charge in [0.2, 0.25) is 0 Å². The van der Waals surface area contributed by atoms with Gasteiger partial charge in [0.15, 0.2) is 11.6 Å². The molecule has 0 amide bonds. The molecule has 1 aliphatic carbocycles. The first-order chi connectivity index (χ1) is 54.9. The second-order valence-corrected chi connectivity index (χ2v) is 35.8. The minimum Gasteiger partial charge on any atom is -0.299 e. The van der Waals surface area contributed by atoms with Gasteiger partial charge in [-0.1, -0.05) is 231 Å². The van der Waals surface area contributed by atoms with E-state index in [9.17, 15) is 9.59 Å². The van der Waals surface area contributed by atoms with Crippen LogP contribution >= 0.6 is 121 Å². The van der Waals surface area contributed by atoms with E-state index in [4.69, 9.17) is 61.1 Å². The fourth-order valence-electron chi connectivity index (χ4n) is 11.8. The van der Waals surface area contributed by atoms with Crippen molar-refractivity contribution in [3.8, 4) is 0 Å². The van der Waals surface area contributed by atoms with E-state index < -0.39 is 0 Å². The summed E-state index contributed by atoms with van der Waals surface area (Å²) < 4.78 is 1.15. The number of pyridine rings is 2. The van der Waals surface area contributed by atoms with E-state index in [1.54, 1.807) is 117 Å². The number of nitrogens with zero attached hydrogens (tertiary/aromatic N) is 2. The number of ketones is 2. The first kappa shape index (κ1) is 91.6. The fourth-order valence-corrected chi connectivity index (χ4v) is 17.2. The van der Waals surface area contributed by atoms with E-state index >= 15 is 0 Å². The minimum atomic E-state index is -0.0985. The maximum Gasteiger partial charge on any atom is 0.194 e. The number of benzene rings is 12. The minimum absolute atomic E-state index is 0. The number of para-hydroxylation sites is 1. The van der Waals surface area contributed by atoms with Crippen molar-refractivity contribution in [2.75, 3.05) is 0 Å². The molecule has 2 heterocycles. The lowest BCUT2D eigenvalue weighted by molar-refractivity contribution is 0.0979. The van der Waals surface area contributed by atoms with E-state index in [2.05, 4.69) is 129 Å². The first-order valence-corrected chi connectivity index (χ1v) is 44.6. The smallest absolute Gasteiger partial charge is 0.194 e. The first-order valence-electron chi connectivity index (χ1n) is 36.1. The molecule has 586 valence electrons. The number of halogens is 3. The molecule has 0 radical (unpaired) electrons. The average Bonchev–Trinajstić information content (AvgIpc) is 0.762. The molecule has 12 aromatic carbocycles. The van der Waals surface area contributed by atoms with Gasteiger partial charge in [-0.05, 0) is 195 Å². The van der Waals surface area contributed by atoms with Gasteiger partial charge in [0.25, 0.3) is 0 Å². The number of hydrogen-bond donors (Lipinski definition) is 7. The molecule has 11 nitrogen and oxygen atoms in total. The third kappa shape index (κ3) is 27.9. The highest BCUT2D eigenvalue weighted by Gasteiger charge is 2.29. The Morgan fingerprint density at radius 3 is 1.19 bits per heavy atom. The van der Waals surface area contributed by atoms with Crippen molar-refractivity contribution in [2.24, 2.45) is 0 Å². The Morgan fingerprint density at radius 2 is 0.687 bits per heavy atom. The number of aromatic nitrogens is 2. The summed E-state index contributed by atoms with van der Waals surface area (Å²) in [5.41, 5.74) is 11.2. The summed E-state index contributed by atoms with van der Waals surface area (Å²) in [5, 5.41) is 71.2. The van der Waals surface area contributed by atoms with Crippen LogP contribution in [0.1, 0.15) is 127 Å². The lowest BCUT2D eigenvalue weighted by Crippen LogP contribution is -2.20. The molecule has 14 aromatic rings. The van der Waals surface area contributed by atoms with Crippen LogP contribution in [0, 0.1) is 37.9 Å². The number of nitrogens with one attached hydrogen (secondary N) is 7. The standard InChI is InChI=1S/C17H13NO2S.C17H15NS.C13H12BrNS.2C13H12ClNS.C12H12N2S.C8H10N2S.CH4/c1-10(18)21-9-11-6-7-14-15(8-11)17(20)13-5-3-2-4-12(13)16(14)19;1-12(18)19-11-17-15-8-4-2-6-13(15)10-14-7-3-5-9-16(14)17;1-9(15)16-8-11-7-6-10-4-2-3-5-12(10)13(11)14;2*1-9(15)16-8-10-6-7-13(14)12-5-3-2-4-11(10)12;1-9(13)15-8-11-7-6-10-4-2-3-5-12(10)14-11;1-7(9)11-6-8-2-4-10-5-3-8;/h2-8,18H,9H2,1H3;2-10,18H,11H2,1H3;3*2-7,15H,8H2,1H3;2-7,13H,8H2,1H3;2-5,9H,6H2,1H3;1H4. The zero-order valence-corrected chi connectivity index (χ0v) is 72.9. The Kier molecular flexibility index (Phi) is 37.2. The molecule has 1 aliphatic rings. The van der Waals surface area contributed by atoms with Gasteiger partial charge in [-0.2, -0.15) is 0 Å². The van der Waals surface area contributed by atoms with Gasteiger partial charge in [0.05, 0.1) is 46.5 Å². The topological polar surface area (TPSA) is 227 Å². The fraction of sp³-hybridized carbons (Fsp3) is 0.160. The molecular formula is C94H90BrCl2N9O2S7. The summed E-state index contributed by atoms with van der Waals surface area (Å²) in [6.07, 6.45) is 3.55. The molecule has 0 unspecified atom stereocenters. The van der Waals surface area contributed by atoms with Gasteiger partial charge in [-0.25, -0.2) is 0 Å². The number of hydrogen-bond acceptors (Lipinski definition) is 18. The molecule has 0 fully saturated rings. The maximum absolute atomic E-state index is 12.5. The van der Waals surface area contributed by atoms with Crippen LogP contribution in [0.2, 0.25) is 10.0 Å². The summed E-state index contributed by atoms with van der Waals surface area (Å²) in [4.78, 5) is 33.4. The van der Waals surface area contributed by atoms with Crippen LogP contribution in [0.5, 0.6) is 0 Å². The number of fused-ring (bicyclic) bond motifs is 8. The molecule has 0 saturated heterocycles. The zero-order valence-electron chi connectivity index (χ0n) is 64.1. The van der Waals surface area contributed by atoms with Crippen molar-refractivity contribution in [3.05, 3.63) is 343 Å². The van der Waals surface area contributed by atoms with E-state index in [-0.39, 0.29) is 19.0 Å². The summed E-state index contributed by atoms with van der Waals surface area (Å²) in [5.74, 6) is 5.45. The highest BCUT2D eigenvalue weighted by Crippen LogP contribution is 2.36. The van der Waals surface area contributed by atoms with Gasteiger partial charge in [-0.3, -0.25) is 57.4 Å². The van der Waals surface area contributed by atoms with E-state index in [1.807, 2.05) is 143 Å². The lowest BCUT2D eigenvalue weighted by atomic mass is 9.83. The summed E-state index contributed by atoms with van der Waals surface area (Å²) in [6.45, 7) is 12.6. The van der Waals surface area contributed by atoms with Gasteiger partial charge in [0.1, 0.15) is 0 Å². The van der Waals surface area contributed by atoms with Gasteiger partial charge >= 0.3 is 0 Å².